The molecule has 3 nitrogen and oxygen atoms in total. The molecule has 2 aliphatic heterocycles. The van der Waals surface area contributed by atoms with E-state index in [1.165, 1.54) is 51.0 Å². The first kappa shape index (κ1) is 13.9. The molecule has 0 atom stereocenters. The minimum Gasteiger partial charge on any atom is -0.381 e. The van der Waals surface area contributed by atoms with Crippen molar-refractivity contribution in [1.29, 1.82) is 0 Å². The Bertz CT molecular complexity index is 381. The average molecular weight is 274 g/mol. The molecular formula is C17H26N2O. The Kier molecular flexibility index (Phi) is 4.93. The fraction of sp³-hybridized carbons (Fsp3) is 0.647. The van der Waals surface area contributed by atoms with E-state index in [2.05, 4.69) is 40.5 Å². The van der Waals surface area contributed by atoms with E-state index in [0.29, 0.717) is 6.04 Å². The van der Waals surface area contributed by atoms with Crippen LogP contribution in [0.1, 0.15) is 25.7 Å². The third-order valence-electron chi connectivity index (χ3n) is 4.65. The van der Waals surface area contributed by atoms with E-state index in [1.54, 1.807) is 0 Å². The van der Waals surface area contributed by atoms with Crippen molar-refractivity contribution in [1.82, 2.24) is 5.32 Å². The molecular weight excluding hydrogens is 248 g/mol. The van der Waals surface area contributed by atoms with Gasteiger partial charge in [-0.2, -0.15) is 0 Å². The molecule has 0 aromatic heterocycles. The molecule has 2 saturated heterocycles. The average Bonchev–Trinajstić information content (AvgIpc) is 2.55. The molecule has 20 heavy (non-hydrogen) atoms. The van der Waals surface area contributed by atoms with Gasteiger partial charge in [0.1, 0.15) is 0 Å². The summed E-state index contributed by atoms with van der Waals surface area (Å²) in [6, 6.07) is 11.5. The molecule has 110 valence electrons. The third-order valence-corrected chi connectivity index (χ3v) is 4.65. The summed E-state index contributed by atoms with van der Waals surface area (Å²) in [4.78, 5) is 2.51. The molecule has 0 unspecified atom stereocenters. The first-order chi connectivity index (χ1) is 9.92. The van der Waals surface area contributed by atoms with Crippen LogP contribution in [0.15, 0.2) is 30.3 Å². The molecule has 3 rings (SSSR count). The van der Waals surface area contributed by atoms with E-state index in [1.807, 2.05) is 0 Å². The maximum absolute atomic E-state index is 5.42. The third kappa shape index (κ3) is 3.74. The Hall–Kier alpha value is -1.06. The lowest BCUT2D eigenvalue weighted by Gasteiger charge is -2.35. The lowest BCUT2D eigenvalue weighted by molar-refractivity contribution is 0.0651. The second kappa shape index (κ2) is 7.09. The van der Waals surface area contributed by atoms with Gasteiger partial charge in [-0.05, 0) is 50.3 Å². The maximum Gasteiger partial charge on any atom is 0.0469 e. The number of nitrogens with zero attached hydrogens (tertiary/aromatic N) is 1. The maximum atomic E-state index is 5.42. The molecule has 0 bridgehead atoms. The van der Waals surface area contributed by atoms with E-state index in [-0.39, 0.29) is 0 Å². The second-order valence-electron chi connectivity index (χ2n) is 6.06. The number of anilines is 1. The van der Waals surface area contributed by atoms with Gasteiger partial charge in [-0.25, -0.2) is 0 Å². The van der Waals surface area contributed by atoms with Gasteiger partial charge >= 0.3 is 0 Å². The minimum absolute atomic E-state index is 0.706. The molecule has 3 heteroatoms. The molecule has 2 fully saturated rings. The van der Waals surface area contributed by atoms with Gasteiger partial charge in [0.15, 0.2) is 0 Å². The number of piperidine rings is 1. The van der Waals surface area contributed by atoms with Gasteiger partial charge in [0, 0.05) is 38.0 Å². The molecule has 1 aromatic rings. The zero-order valence-electron chi connectivity index (χ0n) is 12.3. The Morgan fingerprint density at radius 2 is 1.70 bits per heavy atom. The van der Waals surface area contributed by atoms with Crippen LogP contribution in [0.4, 0.5) is 5.69 Å². The fourth-order valence-corrected chi connectivity index (χ4v) is 3.26. The van der Waals surface area contributed by atoms with Crippen LogP contribution in [0.5, 0.6) is 0 Å². The number of hydrogen-bond acceptors (Lipinski definition) is 3. The summed E-state index contributed by atoms with van der Waals surface area (Å²) < 4.78 is 5.42. The lowest BCUT2D eigenvalue weighted by atomic mass is 9.98. The predicted molar refractivity (Wildman–Crippen MR) is 83.2 cm³/mol. The van der Waals surface area contributed by atoms with Gasteiger partial charge in [0.05, 0.1) is 0 Å². The highest BCUT2D eigenvalue weighted by Crippen LogP contribution is 2.20. The van der Waals surface area contributed by atoms with Crippen molar-refractivity contribution in [2.45, 2.75) is 31.7 Å². The highest BCUT2D eigenvalue weighted by atomic mass is 16.5. The Labute approximate surface area is 122 Å². The van der Waals surface area contributed by atoms with Gasteiger partial charge in [-0.1, -0.05) is 18.2 Å². The van der Waals surface area contributed by atoms with Crippen molar-refractivity contribution in [3.8, 4) is 0 Å². The van der Waals surface area contributed by atoms with Crippen molar-refractivity contribution in [3.63, 3.8) is 0 Å². The second-order valence-corrected chi connectivity index (χ2v) is 6.06. The van der Waals surface area contributed by atoms with E-state index in [9.17, 15) is 0 Å². The summed E-state index contributed by atoms with van der Waals surface area (Å²) >= 11 is 0. The smallest absolute Gasteiger partial charge is 0.0469 e. The zero-order chi connectivity index (χ0) is 13.6. The molecule has 1 N–H and O–H groups in total. The number of nitrogens with one attached hydrogen (secondary N) is 1. The van der Waals surface area contributed by atoms with Gasteiger partial charge < -0.3 is 15.0 Å². The topological polar surface area (TPSA) is 24.5 Å². The largest absolute Gasteiger partial charge is 0.381 e. The molecule has 0 radical (unpaired) electrons. The highest BCUT2D eigenvalue weighted by molar-refractivity contribution is 5.46. The number of ether oxygens (including phenoxy) is 1. The van der Waals surface area contributed by atoms with Crippen LogP contribution in [-0.4, -0.2) is 38.9 Å². The van der Waals surface area contributed by atoms with E-state index < -0.39 is 0 Å². The summed E-state index contributed by atoms with van der Waals surface area (Å²) in [7, 11) is 0. The Morgan fingerprint density at radius 3 is 2.40 bits per heavy atom. The monoisotopic (exact) mass is 274 g/mol. The van der Waals surface area contributed by atoms with Gasteiger partial charge in [0.2, 0.25) is 0 Å². The Balaban J connectivity index is 1.40. The number of para-hydroxylation sites is 1. The summed E-state index contributed by atoms with van der Waals surface area (Å²) in [5.41, 5.74) is 1.37. The van der Waals surface area contributed by atoms with Crippen LogP contribution < -0.4 is 10.2 Å². The van der Waals surface area contributed by atoms with Crippen LogP contribution in [0.3, 0.4) is 0 Å². The van der Waals surface area contributed by atoms with Crippen molar-refractivity contribution >= 4 is 5.69 Å². The molecule has 2 aliphatic rings. The normalized spacial score (nSPS) is 22.1. The number of rotatable bonds is 4. The standard InChI is InChI=1S/C17H26N2O/c1-2-4-17(5-3-1)19-10-6-16(7-11-19)18-14-15-8-12-20-13-9-15/h1-5,15-16,18H,6-14H2. The molecule has 0 spiro atoms. The van der Waals surface area contributed by atoms with Crippen LogP contribution in [0.2, 0.25) is 0 Å². The van der Waals surface area contributed by atoms with Crippen LogP contribution >= 0.6 is 0 Å². The van der Waals surface area contributed by atoms with E-state index in [0.717, 1.165) is 19.1 Å². The number of benzene rings is 1. The molecule has 2 heterocycles. The van der Waals surface area contributed by atoms with Crippen molar-refractivity contribution in [2.75, 3.05) is 37.7 Å². The summed E-state index contributed by atoms with van der Waals surface area (Å²) in [5, 5.41) is 3.78. The van der Waals surface area contributed by atoms with E-state index in [4.69, 9.17) is 4.74 Å². The molecule has 1 aromatic carbocycles. The summed E-state index contributed by atoms with van der Waals surface area (Å²) in [5.74, 6) is 0.830. The minimum atomic E-state index is 0.706. The first-order valence-electron chi connectivity index (χ1n) is 8.03. The van der Waals surface area contributed by atoms with Crippen LogP contribution in [0.25, 0.3) is 0 Å². The van der Waals surface area contributed by atoms with Crippen molar-refractivity contribution in [2.24, 2.45) is 5.92 Å². The molecule has 0 amide bonds. The van der Waals surface area contributed by atoms with Crippen LogP contribution in [0, 0.1) is 5.92 Å². The summed E-state index contributed by atoms with van der Waals surface area (Å²) in [6.45, 7) is 5.45. The highest BCUT2D eigenvalue weighted by Gasteiger charge is 2.20. The fourth-order valence-electron chi connectivity index (χ4n) is 3.26. The van der Waals surface area contributed by atoms with Gasteiger partial charge in [-0.3, -0.25) is 0 Å². The SMILES string of the molecule is c1ccc(N2CCC(NCC3CCOCC3)CC2)cc1. The predicted octanol–water partition coefficient (Wildman–Crippen LogP) is 2.67. The van der Waals surface area contributed by atoms with Crippen molar-refractivity contribution in [3.05, 3.63) is 30.3 Å². The number of hydrogen-bond donors (Lipinski definition) is 1. The first-order valence-corrected chi connectivity index (χ1v) is 8.03. The molecule has 0 saturated carbocycles. The zero-order valence-corrected chi connectivity index (χ0v) is 12.3. The Morgan fingerprint density at radius 1 is 1.00 bits per heavy atom. The van der Waals surface area contributed by atoms with E-state index >= 15 is 0 Å². The van der Waals surface area contributed by atoms with Crippen LogP contribution in [-0.2, 0) is 4.74 Å². The lowest BCUT2D eigenvalue weighted by Crippen LogP contribution is -2.44. The molecule has 0 aliphatic carbocycles. The quantitative estimate of drug-likeness (QED) is 0.913. The van der Waals surface area contributed by atoms with Gasteiger partial charge in [-0.15, -0.1) is 0 Å². The summed E-state index contributed by atoms with van der Waals surface area (Å²) in [6.07, 6.45) is 4.99. The van der Waals surface area contributed by atoms with Gasteiger partial charge in [0.25, 0.3) is 0 Å². The van der Waals surface area contributed by atoms with Crippen molar-refractivity contribution < 1.29 is 4.74 Å².